The second-order valence-electron chi connectivity index (χ2n) is 8.52. The molecule has 3 aromatic rings. The van der Waals surface area contributed by atoms with E-state index in [4.69, 9.17) is 51.8 Å². The Morgan fingerprint density at radius 2 is 1.79 bits per heavy atom. The van der Waals surface area contributed by atoms with Gasteiger partial charge in [-0.2, -0.15) is 0 Å². The first-order chi connectivity index (χ1) is 18.1. The van der Waals surface area contributed by atoms with Gasteiger partial charge < -0.3 is 10.1 Å². The number of hydrogen-bond acceptors (Lipinski definition) is 5. The van der Waals surface area contributed by atoms with Crippen molar-refractivity contribution in [3.05, 3.63) is 106 Å². The van der Waals surface area contributed by atoms with E-state index in [2.05, 4.69) is 5.32 Å². The van der Waals surface area contributed by atoms with Crippen LogP contribution >= 0.6 is 58.8 Å². The summed E-state index contributed by atoms with van der Waals surface area (Å²) in [6.07, 6.45) is 1.25. The van der Waals surface area contributed by atoms with E-state index in [1.165, 1.54) is 11.8 Å². The van der Waals surface area contributed by atoms with Crippen molar-refractivity contribution in [2.24, 2.45) is 0 Å². The maximum atomic E-state index is 12.9. The van der Waals surface area contributed by atoms with Crippen LogP contribution in [0.3, 0.4) is 0 Å². The number of benzene rings is 3. The lowest BCUT2D eigenvalue weighted by molar-refractivity contribution is -0.122. The Labute approximate surface area is 246 Å². The molecule has 1 N–H and O–H groups in total. The number of thiocarbonyl (C=S) groups is 1. The van der Waals surface area contributed by atoms with Crippen LogP contribution < -0.4 is 10.1 Å². The molecule has 0 bridgehead atoms. The van der Waals surface area contributed by atoms with Gasteiger partial charge in [0.1, 0.15) is 10.1 Å². The van der Waals surface area contributed by atoms with Gasteiger partial charge in [0.2, 0.25) is 10.0 Å². The van der Waals surface area contributed by atoms with Crippen molar-refractivity contribution in [1.29, 1.82) is 0 Å². The molecule has 0 saturated carbocycles. The topological polar surface area (TPSA) is 58.6 Å². The number of halogens is 3. The summed E-state index contributed by atoms with van der Waals surface area (Å²) < 4.78 is 4.42. The zero-order chi connectivity index (χ0) is 27.3. The Bertz CT molecular complexity index is 1360. The first-order valence-electron chi connectivity index (χ1n) is 11.6. The van der Waals surface area contributed by atoms with E-state index < -0.39 is 15.9 Å². The molecule has 5 nitrogen and oxygen atoms in total. The number of nitrogens with one attached hydrogen (secondary N) is 1. The van der Waals surface area contributed by atoms with Gasteiger partial charge in [0.25, 0.3) is 11.8 Å². The molecule has 1 saturated heterocycles. The molecule has 196 valence electrons. The predicted octanol–water partition coefficient (Wildman–Crippen LogP) is 6.94. The monoisotopic (exact) mass is 604 g/mol. The summed E-state index contributed by atoms with van der Waals surface area (Å²) in [5, 5.41) is 2.62. The van der Waals surface area contributed by atoms with Crippen LogP contribution in [0, 0.1) is 6.92 Å². The molecule has 4 rings (SSSR count). The van der Waals surface area contributed by atoms with E-state index in [1.807, 2.05) is 43.3 Å². The summed E-state index contributed by atoms with van der Waals surface area (Å²) in [7, 11) is 0. The summed E-state index contributed by atoms with van der Waals surface area (Å²) in [6.45, 7) is 2.40. The summed E-state index contributed by atoms with van der Waals surface area (Å²) >= 11 is 25.0. The minimum absolute atomic E-state index is 0.119. The van der Waals surface area contributed by atoms with E-state index in [0.717, 1.165) is 23.1 Å². The van der Waals surface area contributed by atoms with Gasteiger partial charge in [-0.25, -0.2) is 0 Å². The highest BCUT2D eigenvalue weighted by molar-refractivity contribution is 8.26. The lowest BCUT2D eigenvalue weighted by atomic mass is 10.1. The first-order valence-corrected chi connectivity index (χ1v) is 14.0. The molecular formula is C28H23Cl3N2O3S2. The van der Waals surface area contributed by atoms with Crippen LogP contribution in [-0.4, -0.2) is 37.6 Å². The Balaban J connectivity index is 1.41. The molecule has 38 heavy (non-hydrogen) atoms. The molecule has 0 spiro atoms. The largest absolute Gasteiger partial charge is 0.466 e. The molecule has 0 unspecified atom stereocenters. The van der Waals surface area contributed by atoms with Crippen molar-refractivity contribution in [3.8, 4) is 5.75 Å². The summed E-state index contributed by atoms with van der Waals surface area (Å²) in [6, 6.07) is 23.9. The normalized spacial score (nSPS) is 15.6. The van der Waals surface area contributed by atoms with Crippen LogP contribution in [0.1, 0.15) is 27.0 Å². The molecule has 0 aromatic heterocycles. The fourth-order valence-corrected chi connectivity index (χ4v) is 5.28. The number of nitrogens with zero attached hydrogens (tertiary/aromatic N) is 1. The van der Waals surface area contributed by atoms with Gasteiger partial charge in [0.05, 0.1) is 4.91 Å². The average Bonchev–Trinajstić information content (AvgIpc) is 3.15. The van der Waals surface area contributed by atoms with E-state index in [9.17, 15) is 9.59 Å². The molecule has 2 amide bonds. The zero-order valence-corrected chi connectivity index (χ0v) is 24.1. The molecule has 1 fully saturated rings. The quantitative estimate of drug-likeness (QED) is 0.130. The molecular weight excluding hydrogens is 583 g/mol. The number of thioether (sulfide) groups is 1. The number of aryl methyl sites for hydroxylation is 1. The van der Waals surface area contributed by atoms with Crippen molar-refractivity contribution in [2.45, 2.75) is 23.4 Å². The molecule has 1 atom stereocenters. The maximum Gasteiger partial charge on any atom is 0.266 e. The highest BCUT2D eigenvalue weighted by Gasteiger charge is 2.36. The Morgan fingerprint density at radius 1 is 1.08 bits per heavy atom. The lowest BCUT2D eigenvalue weighted by Crippen LogP contribution is -2.47. The number of ether oxygens (including phenoxy) is 1. The Hall–Kier alpha value is -2.55. The molecule has 1 heterocycles. The van der Waals surface area contributed by atoms with Crippen LogP contribution in [0.15, 0.2) is 83.8 Å². The third-order valence-electron chi connectivity index (χ3n) is 5.61. The molecule has 3 aromatic carbocycles. The van der Waals surface area contributed by atoms with Crippen LogP contribution in [0.2, 0.25) is 0 Å². The van der Waals surface area contributed by atoms with Gasteiger partial charge in [-0.05, 0) is 54.8 Å². The van der Waals surface area contributed by atoms with Crippen LogP contribution in [-0.2, 0) is 11.2 Å². The van der Waals surface area contributed by atoms with Gasteiger partial charge in [0, 0.05) is 12.1 Å². The van der Waals surface area contributed by atoms with E-state index >= 15 is 0 Å². The highest BCUT2D eigenvalue weighted by Crippen LogP contribution is 2.34. The highest BCUT2D eigenvalue weighted by atomic mass is 35.6. The second kappa shape index (κ2) is 12.5. The van der Waals surface area contributed by atoms with Crippen molar-refractivity contribution in [2.75, 3.05) is 6.54 Å². The minimum Gasteiger partial charge on any atom is -0.466 e. The van der Waals surface area contributed by atoms with Gasteiger partial charge in [0.15, 0.2) is 0 Å². The molecule has 0 radical (unpaired) electrons. The van der Waals surface area contributed by atoms with Gasteiger partial charge >= 0.3 is 0 Å². The number of amides is 2. The van der Waals surface area contributed by atoms with Gasteiger partial charge in [-0.1, -0.05) is 119 Å². The van der Waals surface area contributed by atoms with Crippen LogP contribution in [0.25, 0.3) is 6.08 Å². The first kappa shape index (κ1) is 28.5. The summed E-state index contributed by atoms with van der Waals surface area (Å²) in [4.78, 5) is 27.8. The maximum absolute atomic E-state index is 12.9. The number of carbonyl (C=O) groups is 2. The average molecular weight is 606 g/mol. The minimum atomic E-state index is -1.92. The van der Waals surface area contributed by atoms with Crippen LogP contribution in [0.5, 0.6) is 5.75 Å². The summed E-state index contributed by atoms with van der Waals surface area (Å²) in [5.74, 6) is -0.180. The fourth-order valence-electron chi connectivity index (χ4n) is 3.68. The van der Waals surface area contributed by atoms with Gasteiger partial charge in [-0.15, -0.1) is 0 Å². The third-order valence-corrected chi connectivity index (χ3v) is 7.58. The van der Waals surface area contributed by atoms with Crippen molar-refractivity contribution < 1.29 is 14.3 Å². The number of alkyl halides is 3. The summed E-state index contributed by atoms with van der Waals surface area (Å²) in [5.41, 5.74) is 3.26. The lowest BCUT2D eigenvalue weighted by Gasteiger charge is -2.26. The third kappa shape index (κ3) is 7.52. The Morgan fingerprint density at radius 3 is 2.45 bits per heavy atom. The van der Waals surface area contributed by atoms with Crippen molar-refractivity contribution in [3.63, 3.8) is 0 Å². The van der Waals surface area contributed by atoms with E-state index in [1.54, 1.807) is 53.4 Å². The number of rotatable bonds is 8. The van der Waals surface area contributed by atoms with E-state index in [-0.39, 0.29) is 5.91 Å². The number of hydrogen-bond donors (Lipinski definition) is 1. The smallest absolute Gasteiger partial charge is 0.266 e. The second-order valence-corrected chi connectivity index (χ2v) is 12.6. The Kier molecular flexibility index (Phi) is 9.39. The fraction of sp³-hybridized carbons (Fsp3) is 0.179. The van der Waals surface area contributed by atoms with Crippen molar-refractivity contribution in [1.82, 2.24) is 10.2 Å². The molecule has 1 aliphatic heterocycles. The molecule has 1 aliphatic rings. The van der Waals surface area contributed by atoms with Gasteiger partial charge in [-0.3, -0.25) is 14.5 Å². The van der Waals surface area contributed by atoms with E-state index in [0.29, 0.717) is 27.1 Å². The molecule has 0 aliphatic carbocycles. The predicted molar refractivity (Wildman–Crippen MR) is 160 cm³/mol. The zero-order valence-electron chi connectivity index (χ0n) is 20.2. The standard InChI is InChI=1S/C28H23Cl3N2O3S2/c1-18-6-5-9-21(16-18)24(34)32-26(28(29,30)31)36-22-12-10-20(11-13-22)17-23-25(35)33(27(37)38-23)15-14-19-7-3-2-4-8-19/h2-13,16-17,26H,14-15H2,1H3,(H,32,34)/b23-17-/t26-/m1/s1. The van der Waals surface area contributed by atoms with Crippen molar-refractivity contribution >= 4 is 81.0 Å². The molecule has 10 heteroatoms. The SMILES string of the molecule is Cc1cccc(C(=O)N[C@H](Oc2ccc(/C=C3\SC(=S)N(CCc4ccccc4)C3=O)cc2)C(Cl)(Cl)Cl)c1. The van der Waals surface area contributed by atoms with Crippen LogP contribution in [0.4, 0.5) is 0 Å². The number of carbonyl (C=O) groups excluding carboxylic acids is 2.